The fraction of sp³-hybridized carbons (Fsp3) is 0.222. The van der Waals surface area contributed by atoms with Gasteiger partial charge in [0.2, 0.25) is 0 Å². The zero-order chi connectivity index (χ0) is 10.1. The smallest absolute Gasteiger partial charge is 0.313 e. The van der Waals surface area contributed by atoms with Gasteiger partial charge < -0.3 is 9.84 Å². The Morgan fingerprint density at radius 2 is 1.92 bits per heavy atom. The Labute approximate surface area is 82.8 Å². The van der Waals surface area contributed by atoms with Crippen LogP contribution in [0.25, 0.3) is 0 Å². The summed E-state index contributed by atoms with van der Waals surface area (Å²) in [6.07, 6.45) is 0. The number of rotatable bonds is 2. The average Bonchev–Trinajstić information content (AvgIpc) is 2.20. The maximum absolute atomic E-state index is 9.29. The first-order valence-corrected chi connectivity index (χ1v) is 4.25. The molecule has 1 rings (SSSR count). The third kappa shape index (κ3) is 7.21. The Kier molecular flexibility index (Phi) is 6.82. The molecule has 0 fully saturated rings. The molecule has 72 valence electrons. The van der Waals surface area contributed by atoms with E-state index < -0.39 is 5.97 Å². The number of hydrogen-bond donors (Lipinski definition) is 2. The van der Waals surface area contributed by atoms with Gasteiger partial charge in [-0.25, -0.2) is 0 Å². The fourth-order valence-corrected chi connectivity index (χ4v) is 0.557. The van der Waals surface area contributed by atoms with E-state index in [0.29, 0.717) is 0 Å². The topological polar surface area (TPSA) is 46.5 Å². The Morgan fingerprint density at radius 1 is 1.46 bits per heavy atom. The normalized spacial score (nSPS) is 8.15. The van der Waals surface area contributed by atoms with Crippen LogP contribution in [-0.4, -0.2) is 23.9 Å². The summed E-state index contributed by atoms with van der Waals surface area (Å²) in [6, 6.07) is 9.68. The number of para-hydroxylation sites is 1. The number of carboxylic acids is 1. The van der Waals surface area contributed by atoms with E-state index in [1.54, 1.807) is 7.11 Å². The molecule has 3 nitrogen and oxygen atoms in total. The van der Waals surface area contributed by atoms with Crippen molar-refractivity contribution >= 4 is 18.6 Å². The molecule has 0 aromatic heterocycles. The van der Waals surface area contributed by atoms with Crippen molar-refractivity contribution in [1.29, 1.82) is 0 Å². The third-order valence-electron chi connectivity index (χ3n) is 1.11. The van der Waals surface area contributed by atoms with Gasteiger partial charge in [0.05, 0.1) is 12.9 Å². The van der Waals surface area contributed by atoms with E-state index in [0.717, 1.165) is 5.75 Å². The number of carbonyl (C=O) groups is 1. The fourth-order valence-electron chi connectivity index (χ4n) is 0.557. The highest BCUT2D eigenvalue weighted by molar-refractivity contribution is 7.81. The van der Waals surface area contributed by atoms with Crippen LogP contribution < -0.4 is 4.74 Å². The molecule has 0 heterocycles. The van der Waals surface area contributed by atoms with Crippen molar-refractivity contribution in [2.45, 2.75) is 0 Å². The van der Waals surface area contributed by atoms with Gasteiger partial charge in [-0.1, -0.05) is 18.2 Å². The van der Waals surface area contributed by atoms with Gasteiger partial charge in [0.1, 0.15) is 5.75 Å². The standard InChI is InChI=1S/C7H8O.C2H4O2S/c1-8-7-5-3-2-4-6-7;3-2(4)1-5/h2-6H,1H3;5H,1H2,(H,3,4). The quantitative estimate of drug-likeness (QED) is 0.714. The minimum absolute atomic E-state index is 0.0833. The number of thiol groups is 1. The van der Waals surface area contributed by atoms with Crippen LogP contribution in [0.4, 0.5) is 0 Å². The number of ether oxygens (including phenoxy) is 1. The lowest BCUT2D eigenvalue weighted by atomic mass is 10.3. The first kappa shape index (κ1) is 11.8. The lowest BCUT2D eigenvalue weighted by Gasteiger charge is -1.93. The van der Waals surface area contributed by atoms with Crippen LogP contribution in [0.1, 0.15) is 0 Å². The highest BCUT2D eigenvalue weighted by Crippen LogP contribution is 2.05. The highest BCUT2D eigenvalue weighted by atomic mass is 32.1. The van der Waals surface area contributed by atoms with E-state index in [1.807, 2.05) is 30.3 Å². The summed E-state index contributed by atoms with van der Waals surface area (Å²) in [7, 11) is 1.66. The van der Waals surface area contributed by atoms with Crippen molar-refractivity contribution in [1.82, 2.24) is 0 Å². The molecular formula is C9H12O3S. The summed E-state index contributed by atoms with van der Waals surface area (Å²) in [6.45, 7) is 0. The zero-order valence-corrected chi connectivity index (χ0v) is 8.20. The second kappa shape index (κ2) is 7.49. The predicted octanol–water partition coefficient (Wildman–Crippen LogP) is 1.70. The molecule has 0 aliphatic heterocycles. The molecule has 1 N–H and O–H groups in total. The molecule has 0 saturated heterocycles. The first-order chi connectivity index (χ1) is 6.20. The molecule has 0 bridgehead atoms. The SMILES string of the molecule is COc1ccccc1.O=C(O)CS. The van der Waals surface area contributed by atoms with Gasteiger partial charge >= 0.3 is 5.97 Å². The van der Waals surface area contributed by atoms with Gasteiger partial charge in [-0.3, -0.25) is 4.79 Å². The summed E-state index contributed by atoms with van der Waals surface area (Å²) in [5.74, 6) is -0.0548. The maximum atomic E-state index is 9.29. The number of aliphatic carboxylic acids is 1. The Balaban J connectivity index is 0.000000252. The molecule has 0 unspecified atom stereocenters. The van der Waals surface area contributed by atoms with Crippen LogP contribution in [0.15, 0.2) is 30.3 Å². The van der Waals surface area contributed by atoms with E-state index in [9.17, 15) is 4.79 Å². The molecule has 1 aromatic rings. The van der Waals surface area contributed by atoms with Crippen molar-refractivity contribution in [2.24, 2.45) is 0 Å². The van der Waals surface area contributed by atoms with E-state index >= 15 is 0 Å². The molecule has 0 aliphatic rings. The Morgan fingerprint density at radius 3 is 2.15 bits per heavy atom. The second-order valence-electron chi connectivity index (χ2n) is 2.07. The monoisotopic (exact) mass is 200 g/mol. The van der Waals surface area contributed by atoms with Crippen molar-refractivity contribution < 1.29 is 14.6 Å². The van der Waals surface area contributed by atoms with Crippen LogP contribution in [0, 0.1) is 0 Å². The Bertz CT molecular complexity index is 236. The largest absolute Gasteiger partial charge is 0.497 e. The number of benzene rings is 1. The molecule has 0 amide bonds. The van der Waals surface area contributed by atoms with Crippen LogP contribution in [0.5, 0.6) is 5.75 Å². The van der Waals surface area contributed by atoms with Gasteiger partial charge in [-0.05, 0) is 12.1 Å². The molecular weight excluding hydrogens is 188 g/mol. The van der Waals surface area contributed by atoms with E-state index in [4.69, 9.17) is 9.84 Å². The van der Waals surface area contributed by atoms with Crippen LogP contribution in [0.2, 0.25) is 0 Å². The predicted molar refractivity (Wildman–Crippen MR) is 54.5 cm³/mol. The Hall–Kier alpha value is -1.16. The van der Waals surface area contributed by atoms with Crippen LogP contribution in [0.3, 0.4) is 0 Å². The molecule has 1 aromatic carbocycles. The van der Waals surface area contributed by atoms with Gasteiger partial charge in [0.25, 0.3) is 0 Å². The molecule has 4 heteroatoms. The summed E-state index contributed by atoms with van der Waals surface area (Å²) in [4.78, 5) is 9.29. The van der Waals surface area contributed by atoms with Crippen LogP contribution in [-0.2, 0) is 4.79 Å². The summed E-state index contributed by atoms with van der Waals surface area (Å²) in [5.41, 5.74) is 0. The van der Waals surface area contributed by atoms with Gasteiger partial charge in [0.15, 0.2) is 0 Å². The number of methoxy groups -OCH3 is 1. The molecule has 0 saturated carbocycles. The van der Waals surface area contributed by atoms with E-state index in [1.165, 1.54) is 0 Å². The van der Waals surface area contributed by atoms with Gasteiger partial charge in [0, 0.05) is 0 Å². The minimum atomic E-state index is -0.881. The van der Waals surface area contributed by atoms with E-state index in [2.05, 4.69) is 12.6 Å². The summed E-state index contributed by atoms with van der Waals surface area (Å²) < 4.78 is 4.91. The van der Waals surface area contributed by atoms with Gasteiger partial charge in [-0.2, -0.15) is 12.6 Å². The average molecular weight is 200 g/mol. The number of hydrogen-bond acceptors (Lipinski definition) is 3. The highest BCUT2D eigenvalue weighted by Gasteiger charge is 1.82. The molecule has 0 radical (unpaired) electrons. The van der Waals surface area contributed by atoms with Crippen LogP contribution >= 0.6 is 12.6 Å². The van der Waals surface area contributed by atoms with Gasteiger partial charge in [-0.15, -0.1) is 0 Å². The minimum Gasteiger partial charge on any atom is -0.497 e. The lowest BCUT2D eigenvalue weighted by molar-refractivity contribution is -0.133. The zero-order valence-electron chi connectivity index (χ0n) is 7.30. The van der Waals surface area contributed by atoms with Crippen molar-refractivity contribution in [3.05, 3.63) is 30.3 Å². The summed E-state index contributed by atoms with van der Waals surface area (Å²) in [5, 5.41) is 7.65. The molecule has 0 aliphatic carbocycles. The molecule has 0 spiro atoms. The first-order valence-electron chi connectivity index (χ1n) is 3.62. The molecule has 0 atom stereocenters. The lowest BCUT2D eigenvalue weighted by Crippen LogP contribution is -1.92. The summed E-state index contributed by atoms with van der Waals surface area (Å²) >= 11 is 3.42. The van der Waals surface area contributed by atoms with Crippen molar-refractivity contribution in [3.63, 3.8) is 0 Å². The number of carboxylic acid groups (broad SMARTS) is 1. The second-order valence-corrected chi connectivity index (χ2v) is 2.39. The van der Waals surface area contributed by atoms with Crippen molar-refractivity contribution in [2.75, 3.05) is 12.9 Å². The van der Waals surface area contributed by atoms with E-state index in [-0.39, 0.29) is 5.75 Å². The third-order valence-corrected chi connectivity index (χ3v) is 1.38. The molecule has 13 heavy (non-hydrogen) atoms. The van der Waals surface area contributed by atoms with Crippen molar-refractivity contribution in [3.8, 4) is 5.75 Å². The maximum Gasteiger partial charge on any atom is 0.313 e.